The average Bonchev–Trinajstić information content (AvgIpc) is 3.40. The number of nitrogens with zero attached hydrogens (tertiary/aromatic N) is 3. The van der Waals surface area contributed by atoms with Gasteiger partial charge in [-0.25, -0.2) is 9.78 Å². The Morgan fingerprint density at radius 3 is 2.81 bits per heavy atom. The summed E-state index contributed by atoms with van der Waals surface area (Å²) in [6.45, 7) is 5.00. The molecule has 1 amide bonds. The molecule has 31 heavy (non-hydrogen) atoms. The van der Waals surface area contributed by atoms with Gasteiger partial charge in [0, 0.05) is 17.3 Å². The summed E-state index contributed by atoms with van der Waals surface area (Å²) in [6, 6.07) is 3.72. The highest BCUT2D eigenvalue weighted by molar-refractivity contribution is 7.09. The number of likely N-dealkylation sites (tertiary alicyclic amines) is 1. The van der Waals surface area contributed by atoms with Gasteiger partial charge in [-0.3, -0.25) is 14.8 Å². The number of methoxy groups -OCH3 is 1. The Labute approximate surface area is 183 Å². The van der Waals surface area contributed by atoms with Crippen molar-refractivity contribution >= 4 is 34.1 Å². The van der Waals surface area contributed by atoms with Crippen LogP contribution in [-0.2, 0) is 6.54 Å². The zero-order chi connectivity index (χ0) is 22.0. The number of hydrogen-bond acceptors (Lipinski definition) is 7. The number of fused-ring (bicyclic) bond motifs is 1. The number of piperidine rings is 1. The standard InChI is InChI=1S/C21H25N5O4S/c1-12-7-14(30-2)8-15-18(12)24-25-19(15)20(27)22-9-13-3-5-26(6-4-13)10-17-23-16(11-31-17)21(28)29/h7-8,11,13H,3-6,9-10H2,1-2H3,(H,22,27)(H,24,25)(H,28,29). The van der Waals surface area contributed by atoms with Crippen molar-refractivity contribution in [1.29, 1.82) is 0 Å². The number of aromatic amines is 1. The van der Waals surface area contributed by atoms with Crippen molar-refractivity contribution in [3.05, 3.63) is 39.5 Å². The monoisotopic (exact) mass is 443 g/mol. The third kappa shape index (κ3) is 4.70. The Morgan fingerprint density at radius 1 is 1.35 bits per heavy atom. The summed E-state index contributed by atoms with van der Waals surface area (Å²) in [7, 11) is 1.60. The van der Waals surface area contributed by atoms with Gasteiger partial charge < -0.3 is 15.2 Å². The van der Waals surface area contributed by atoms with Gasteiger partial charge in [-0.05, 0) is 56.5 Å². The van der Waals surface area contributed by atoms with Crippen LogP contribution in [0.2, 0.25) is 0 Å². The quantitative estimate of drug-likeness (QED) is 0.513. The second kappa shape index (κ2) is 9.03. The van der Waals surface area contributed by atoms with E-state index in [2.05, 4.69) is 25.4 Å². The lowest BCUT2D eigenvalue weighted by molar-refractivity contribution is 0.0690. The van der Waals surface area contributed by atoms with Crippen LogP contribution in [0.25, 0.3) is 10.9 Å². The lowest BCUT2D eigenvalue weighted by atomic mass is 9.96. The molecule has 3 N–H and O–H groups in total. The minimum atomic E-state index is -0.990. The van der Waals surface area contributed by atoms with Crippen LogP contribution >= 0.6 is 11.3 Å². The Hall–Kier alpha value is -2.98. The molecule has 1 aliphatic heterocycles. The van der Waals surface area contributed by atoms with E-state index in [0.717, 1.165) is 47.4 Å². The van der Waals surface area contributed by atoms with E-state index in [9.17, 15) is 9.59 Å². The number of nitrogens with one attached hydrogen (secondary N) is 2. The molecule has 0 spiro atoms. The number of aryl methyl sites for hydroxylation is 1. The largest absolute Gasteiger partial charge is 0.497 e. The number of hydrogen-bond donors (Lipinski definition) is 3. The Bertz CT molecular complexity index is 1100. The highest BCUT2D eigenvalue weighted by Crippen LogP contribution is 2.26. The van der Waals surface area contributed by atoms with Crippen LogP contribution in [0.5, 0.6) is 5.75 Å². The second-order valence-corrected chi connectivity index (χ2v) is 8.74. The van der Waals surface area contributed by atoms with Gasteiger partial charge in [0.15, 0.2) is 5.69 Å². The molecule has 4 rings (SSSR count). The van der Waals surface area contributed by atoms with Crippen molar-refractivity contribution in [3.8, 4) is 5.75 Å². The van der Waals surface area contributed by atoms with E-state index >= 15 is 0 Å². The van der Waals surface area contributed by atoms with Gasteiger partial charge in [0.2, 0.25) is 0 Å². The van der Waals surface area contributed by atoms with Crippen molar-refractivity contribution in [1.82, 2.24) is 25.4 Å². The van der Waals surface area contributed by atoms with E-state index in [1.807, 2.05) is 19.1 Å². The Morgan fingerprint density at radius 2 is 2.13 bits per heavy atom. The summed E-state index contributed by atoms with van der Waals surface area (Å²) in [5.74, 6) is -0.0581. The number of thiazole rings is 1. The SMILES string of the molecule is COc1cc(C)c2n[nH]c(C(=O)NCC3CCN(Cc4nc(C(=O)O)cs4)CC3)c2c1. The Kier molecular flexibility index (Phi) is 6.19. The van der Waals surface area contributed by atoms with E-state index in [0.29, 0.717) is 30.5 Å². The molecule has 10 heteroatoms. The van der Waals surface area contributed by atoms with Crippen LogP contribution in [0, 0.1) is 12.8 Å². The number of ether oxygens (including phenoxy) is 1. The molecule has 164 valence electrons. The molecular formula is C21H25N5O4S. The molecule has 3 aromatic rings. The first-order valence-corrected chi connectivity index (χ1v) is 11.0. The summed E-state index contributed by atoms with van der Waals surface area (Å²) in [5, 5.41) is 22.3. The molecule has 0 aliphatic carbocycles. The van der Waals surface area contributed by atoms with Gasteiger partial charge in [-0.15, -0.1) is 11.3 Å². The summed E-state index contributed by atoms with van der Waals surface area (Å²) in [4.78, 5) is 30.1. The number of carboxylic acids is 1. The fraction of sp³-hybridized carbons (Fsp3) is 0.429. The number of carbonyl (C=O) groups is 2. The van der Waals surface area contributed by atoms with E-state index in [-0.39, 0.29) is 11.6 Å². The predicted molar refractivity (Wildman–Crippen MR) is 117 cm³/mol. The van der Waals surface area contributed by atoms with Crippen LogP contribution in [0.4, 0.5) is 0 Å². The van der Waals surface area contributed by atoms with Crippen LogP contribution in [0.15, 0.2) is 17.5 Å². The van der Waals surface area contributed by atoms with Crippen molar-refractivity contribution in [2.75, 3.05) is 26.7 Å². The molecule has 0 radical (unpaired) electrons. The first-order valence-electron chi connectivity index (χ1n) is 10.2. The zero-order valence-corrected chi connectivity index (χ0v) is 18.3. The van der Waals surface area contributed by atoms with Gasteiger partial charge in [0.1, 0.15) is 16.5 Å². The van der Waals surface area contributed by atoms with Crippen molar-refractivity contribution in [3.63, 3.8) is 0 Å². The molecule has 1 fully saturated rings. The smallest absolute Gasteiger partial charge is 0.355 e. The first kappa shape index (κ1) is 21.3. The molecular weight excluding hydrogens is 418 g/mol. The highest BCUT2D eigenvalue weighted by Gasteiger charge is 2.22. The van der Waals surface area contributed by atoms with Crippen LogP contribution in [0.1, 0.15) is 44.4 Å². The van der Waals surface area contributed by atoms with Crippen LogP contribution in [0.3, 0.4) is 0 Å². The molecule has 0 unspecified atom stereocenters. The number of rotatable bonds is 7. The third-order valence-electron chi connectivity index (χ3n) is 5.67. The number of H-pyrrole nitrogens is 1. The summed E-state index contributed by atoms with van der Waals surface area (Å²) in [6.07, 6.45) is 1.93. The molecule has 2 aromatic heterocycles. The second-order valence-electron chi connectivity index (χ2n) is 7.80. The number of benzene rings is 1. The average molecular weight is 444 g/mol. The molecule has 9 nitrogen and oxygen atoms in total. The fourth-order valence-electron chi connectivity index (χ4n) is 3.90. The first-order chi connectivity index (χ1) is 14.9. The van der Waals surface area contributed by atoms with E-state index < -0.39 is 5.97 Å². The maximum absolute atomic E-state index is 12.7. The van der Waals surface area contributed by atoms with Gasteiger partial charge in [0.05, 0.1) is 19.2 Å². The number of carboxylic acid groups (broad SMARTS) is 1. The van der Waals surface area contributed by atoms with Gasteiger partial charge in [-0.1, -0.05) is 0 Å². The molecule has 0 atom stereocenters. The summed E-state index contributed by atoms with van der Waals surface area (Å²) in [5.41, 5.74) is 2.28. The van der Waals surface area contributed by atoms with Gasteiger partial charge >= 0.3 is 5.97 Å². The minimum absolute atomic E-state index is 0.108. The van der Waals surface area contributed by atoms with E-state index in [4.69, 9.17) is 9.84 Å². The molecule has 1 saturated heterocycles. The lowest BCUT2D eigenvalue weighted by Crippen LogP contribution is -2.38. The van der Waals surface area contributed by atoms with Crippen LogP contribution in [-0.4, -0.2) is 63.8 Å². The lowest BCUT2D eigenvalue weighted by Gasteiger charge is -2.31. The molecule has 1 aromatic carbocycles. The highest BCUT2D eigenvalue weighted by atomic mass is 32.1. The Balaban J connectivity index is 1.29. The van der Waals surface area contributed by atoms with Crippen molar-refractivity contribution in [2.45, 2.75) is 26.3 Å². The van der Waals surface area contributed by atoms with Crippen LogP contribution < -0.4 is 10.1 Å². The number of amides is 1. The van der Waals surface area contributed by atoms with Crippen molar-refractivity contribution in [2.24, 2.45) is 5.92 Å². The summed E-state index contributed by atoms with van der Waals surface area (Å²) >= 11 is 1.38. The normalized spacial score (nSPS) is 15.3. The summed E-state index contributed by atoms with van der Waals surface area (Å²) < 4.78 is 5.32. The maximum Gasteiger partial charge on any atom is 0.355 e. The van der Waals surface area contributed by atoms with Gasteiger partial charge in [-0.2, -0.15) is 5.10 Å². The predicted octanol–water partition coefficient (Wildman–Crippen LogP) is 2.68. The van der Waals surface area contributed by atoms with Gasteiger partial charge in [0.25, 0.3) is 5.91 Å². The maximum atomic E-state index is 12.7. The number of aromatic nitrogens is 3. The zero-order valence-electron chi connectivity index (χ0n) is 17.5. The minimum Gasteiger partial charge on any atom is -0.497 e. The number of aromatic carboxylic acids is 1. The molecule has 0 bridgehead atoms. The van der Waals surface area contributed by atoms with E-state index in [1.165, 1.54) is 11.3 Å². The number of carbonyl (C=O) groups excluding carboxylic acids is 1. The fourth-order valence-corrected chi connectivity index (χ4v) is 4.70. The molecule has 1 aliphatic rings. The van der Waals surface area contributed by atoms with Crippen molar-refractivity contribution < 1.29 is 19.4 Å². The topological polar surface area (TPSA) is 120 Å². The third-order valence-corrected chi connectivity index (χ3v) is 6.51. The molecule has 0 saturated carbocycles. The molecule has 3 heterocycles. The van der Waals surface area contributed by atoms with E-state index in [1.54, 1.807) is 12.5 Å².